The van der Waals surface area contributed by atoms with Crippen LogP contribution in [0.5, 0.6) is 0 Å². The van der Waals surface area contributed by atoms with E-state index in [-0.39, 0.29) is 6.03 Å². The van der Waals surface area contributed by atoms with Crippen LogP contribution < -0.4 is 10.7 Å². The van der Waals surface area contributed by atoms with E-state index in [1.165, 1.54) is 0 Å². The summed E-state index contributed by atoms with van der Waals surface area (Å²) in [5.41, 5.74) is 4.70. The highest BCUT2D eigenvalue weighted by atomic mass is 16.2. The number of hydrogen-bond acceptors (Lipinski definition) is 3. The van der Waals surface area contributed by atoms with Gasteiger partial charge in [0.1, 0.15) is 0 Å². The van der Waals surface area contributed by atoms with E-state index in [1.807, 2.05) is 35.5 Å². The SMILES string of the molecule is CN1CCN(NC(=O)Nc2c[nH]c3ccccc23)CC1. The fourth-order valence-corrected chi connectivity index (χ4v) is 2.39. The zero-order chi connectivity index (χ0) is 13.9. The topological polar surface area (TPSA) is 63.4 Å². The molecule has 2 amide bonds. The second-order valence-corrected chi connectivity index (χ2v) is 5.10. The van der Waals surface area contributed by atoms with Crippen molar-refractivity contribution in [1.29, 1.82) is 0 Å². The molecular weight excluding hydrogens is 254 g/mol. The Morgan fingerprint density at radius 1 is 1.20 bits per heavy atom. The second-order valence-electron chi connectivity index (χ2n) is 5.10. The first-order chi connectivity index (χ1) is 9.72. The minimum absolute atomic E-state index is 0.195. The number of urea groups is 1. The van der Waals surface area contributed by atoms with Crippen molar-refractivity contribution >= 4 is 22.6 Å². The molecule has 1 aliphatic rings. The minimum atomic E-state index is -0.195. The molecule has 0 unspecified atom stereocenters. The van der Waals surface area contributed by atoms with Gasteiger partial charge in [0, 0.05) is 43.3 Å². The third kappa shape index (κ3) is 2.76. The lowest BCUT2D eigenvalue weighted by atomic mass is 10.2. The number of para-hydroxylation sites is 1. The smallest absolute Gasteiger partial charge is 0.333 e. The molecule has 20 heavy (non-hydrogen) atoms. The molecule has 0 saturated carbocycles. The number of fused-ring (bicyclic) bond motifs is 1. The van der Waals surface area contributed by atoms with Gasteiger partial charge in [-0.15, -0.1) is 0 Å². The number of nitrogens with zero attached hydrogens (tertiary/aromatic N) is 2. The van der Waals surface area contributed by atoms with E-state index in [0.29, 0.717) is 0 Å². The number of piperazine rings is 1. The van der Waals surface area contributed by atoms with Crippen LogP contribution in [0.4, 0.5) is 10.5 Å². The van der Waals surface area contributed by atoms with Gasteiger partial charge in [-0.05, 0) is 13.1 Å². The molecule has 3 rings (SSSR count). The molecule has 0 spiro atoms. The number of hydrazine groups is 1. The first kappa shape index (κ1) is 13.0. The van der Waals surface area contributed by atoms with Gasteiger partial charge in [0.25, 0.3) is 0 Å². The maximum absolute atomic E-state index is 12.0. The van der Waals surface area contributed by atoms with Gasteiger partial charge in [0.15, 0.2) is 0 Å². The first-order valence-electron chi connectivity index (χ1n) is 6.79. The van der Waals surface area contributed by atoms with Crippen LogP contribution in [0, 0.1) is 0 Å². The van der Waals surface area contributed by atoms with Crippen molar-refractivity contribution < 1.29 is 4.79 Å². The molecule has 3 N–H and O–H groups in total. The van der Waals surface area contributed by atoms with Crippen LogP contribution in [0.1, 0.15) is 0 Å². The molecule has 2 heterocycles. The minimum Gasteiger partial charge on any atom is -0.359 e. The van der Waals surface area contributed by atoms with E-state index < -0.39 is 0 Å². The number of carbonyl (C=O) groups excluding carboxylic acids is 1. The van der Waals surface area contributed by atoms with Crippen molar-refractivity contribution in [3.8, 4) is 0 Å². The number of aromatic nitrogens is 1. The third-order valence-electron chi connectivity index (χ3n) is 3.60. The van der Waals surface area contributed by atoms with Crippen LogP contribution in [0.25, 0.3) is 10.9 Å². The summed E-state index contributed by atoms with van der Waals surface area (Å²) in [6, 6.07) is 7.70. The summed E-state index contributed by atoms with van der Waals surface area (Å²) in [6.45, 7) is 3.62. The van der Waals surface area contributed by atoms with Crippen molar-refractivity contribution in [3.05, 3.63) is 30.5 Å². The maximum atomic E-state index is 12.0. The zero-order valence-corrected chi connectivity index (χ0v) is 11.5. The third-order valence-corrected chi connectivity index (χ3v) is 3.60. The number of anilines is 1. The van der Waals surface area contributed by atoms with Crippen molar-refractivity contribution in [2.24, 2.45) is 0 Å². The Morgan fingerprint density at radius 2 is 1.95 bits per heavy atom. The van der Waals surface area contributed by atoms with E-state index in [4.69, 9.17) is 0 Å². The van der Waals surface area contributed by atoms with E-state index in [2.05, 4.69) is 27.7 Å². The Kier molecular flexibility index (Phi) is 3.58. The average molecular weight is 273 g/mol. The summed E-state index contributed by atoms with van der Waals surface area (Å²) in [7, 11) is 2.09. The average Bonchev–Trinajstić information content (AvgIpc) is 2.85. The number of aromatic amines is 1. The highest BCUT2D eigenvalue weighted by Crippen LogP contribution is 2.22. The zero-order valence-electron chi connectivity index (χ0n) is 11.5. The summed E-state index contributed by atoms with van der Waals surface area (Å²) in [5.74, 6) is 0. The molecule has 1 fully saturated rings. The van der Waals surface area contributed by atoms with Gasteiger partial charge >= 0.3 is 6.03 Å². The fourth-order valence-electron chi connectivity index (χ4n) is 2.39. The summed E-state index contributed by atoms with van der Waals surface area (Å²) in [5, 5.41) is 5.85. The normalized spacial score (nSPS) is 17.2. The van der Waals surface area contributed by atoms with Crippen molar-refractivity contribution in [2.45, 2.75) is 0 Å². The lowest BCUT2D eigenvalue weighted by Gasteiger charge is -2.32. The Balaban J connectivity index is 1.61. The first-order valence-corrected chi connectivity index (χ1v) is 6.79. The Labute approximate surface area is 117 Å². The Hall–Kier alpha value is -2.05. The number of likely N-dealkylation sites (N-methyl/N-ethyl adjacent to an activating group) is 1. The predicted molar refractivity (Wildman–Crippen MR) is 79.5 cm³/mol. The summed E-state index contributed by atoms with van der Waals surface area (Å²) in [6.07, 6.45) is 1.81. The highest BCUT2D eigenvalue weighted by molar-refractivity contribution is 6.00. The number of H-pyrrole nitrogens is 1. The molecule has 1 saturated heterocycles. The van der Waals surface area contributed by atoms with E-state index >= 15 is 0 Å². The van der Waals surface area contributed by atoms with Crippen LogP contribution in [-0.2, 0) is 0 Å². The Morgan fingerprint density at radius 3 is 2.75 bits per heavy atom. The molecule has 1 aromatic carbocycles. The van der Waals surface area contributed by atoms with Crippen LogP contribution in [-0.4, -0.2) is 54.2 Å². The van der Waals surface area contributed by atoms with Gasteiger partial charge in [-0.2, -0.15) is 0 Å². The number of hydrogen-bond donors (Lipinski definition) is 3. The molecule has 0 radical (unpaired) electrons. The van der Waals surface area contributed by atoms with E-state index in [9.17, 15) is 4.79 Å². The van der Waals surface area contributed by atoms with Crippen molar-refractivity contribution in [2.75, 3.05) is 38.5 Å². The van der Waals surface area contributed by atoms with Crippen LogP contribution in [0.15, 0.2) is 30.5 Å². The van der Waals surface area contributed by atoms with Crippen LogP contribution in [0.2, 0.25) is 0 Å². The molecule has 6 nitrogen and oxygen atoms in total. The van der Waals surface area contributed by atoms with Crippen LogP contribution >= 0.6 is 0 Å². The summed E-state index contributed by atoms with van der Waals surface area (Å²) < 4.78 is 0. The molecular formula is C14H19N5O. The molecule has 2 aromatic rings. The molecule has 106 valence electrons. The molecule has 0 atom stereocenters. The van der Waals surface area contributed by atoms with Crippen molar-refractivity contribution in [3.63, 3.8) is 0 Å². The highest BCUT2D eigenvalue weighted by Gasteiger charge is 2.16. The number of amides is 2. The summed E-state index contributed by atoms with van der Waals surface area (Å²) >= 11 is 0. The standard InChI is InChI=1S/C14H19N5O/c1-18-6-8-19(9-7-18)17-14(20)16-13-10-15-12-5-3-2-4-11(12)13/h2-5,10,15H,6-9H2,1H3,(H2,16,17,20). The van der Waals surface area contributed by atoms with E-state index in [1.54, 1.807) is 0 Å². The van der Waals surface area contributed by atoms with E-state index in [0.717, 1.165) is 42.8 Å². The number of benzene rings is 1. The lowest BCUT2D eigenvalue weighted by molar-refractivity contribution is 0.116. The molecule has 0 bridgehead atoms. The van der Waals surface area contributed by atoms with Gasteiger partial charge in [0.2, 0.25) is 0 Å². The van der Waals surface area contributed by atoms with Gasteiger partial charge in [-0.3, -0.25) is 5.43 Å². The van der Waals surface area contributed by atoms with Gasteiger partial charge < -0.3 is 15.2 Å². The van der Waals surface area contributed by atoms with Crippen LogP contribution in [0.3, 0.4) is 0 Å². The largest absolute Gasteiger partial charge is 0.359 e. The molecule has 6 heteroatoms. The fraction of sp³-hybridized carbons (Fsp3) is 0.357. The molecule has 0 aliphatic carbocycles. The maximum Gasteiger partial charge on any atom is 0.333 e. The quantitative estimate of drug-likeness (QED) is 0.776. The second kappa shape index (κ2) is 5.52. The monoisotopic (exact) mass is 273 g/mol. The number of nitrogens with one attached hydrogen (secondary N) is 3. The lowest BCUT2D eigenvalue weighted by Crippen LogP contribution is -2.53. The Bertz CT molecular complexity index is 600. The van der Waals surface area contributed by atoms with Crippen molar-refractivity contribution in [1.82, 2.24) is 20.3 Å². The number of rotatable bonds is 2. The van der Waals surface area contributed by atoms with Gasteiger partial charge in [0.05, 0.1) is 5.69 Å². The predicted octanol–water partition coefficient (Wildman–Crippen LogP) is 1.45. The molecule has 1 aromatic heterocycles. The van der Waals surface area contributed by atoms with Gasteiger partial charge in [-0.25, -0.2) is 9.80 Å². The number of carbonyl (C=O) groups is 1. The molecule has 1 aliphatic heterocycles. The van der Waals surface area contributed by atoms with Gasteiger partial charge in [-0.1, -0.05) is 18.2 Å². The summed E-state index contributed by atoms with van der Waals surface area (Å²) in [4.78, 5) is 17.4.